The molecule has 1 amide bonds. The first-order chi connectivity index (χ1) is 9.63. The van der Waals surface area contributed by atoms with E-state index in [0.717, 1.165) is 11.3 Å². The fourth-order valence-corrected chi connectivity index (χ4v) is 2.58. The number of para-hydroxylation sites is 1. The van der Waals surface area contributed by atoms with Crippen LogP contribution in [0.15, 0.2) is 42.5 Å². The second-order valence-electron chi connectivity index (χ2n) is 5.03. The minimum atomic E-state index is -0.246. The summed E-state index contributed by atoms with van der Waals surface area (Å²) in [4.78, 5) is 12.3. The number of benzene rings is 2. The number of amides is 1. The summed E-state index contributed by atoms with van der Waals surface area (Å²) < 4.78 is 0. The average Bonchev–Trinajstić information content (AvgIpc) is 2.87. The molecule has 20 heavy (non-hydrogen) atoms. The smallest absolute Gasteiger partial charge is 0.247 e. The number of carbonyl (C=O) groups excluding carboxylic acids is 1. The van der Waals surface area contributed by atoms with Gasteiger partial charge in [0.15, 0.2) is 0 Å². The summed E-state index contributed by atoms with van der Waals surface area (Å²) in [6, 6.07) is 13.3. The van der Waals surface area contributed by atoms with Crippen LogP contribution in [-0.4, -0.2) is 11.9 Å². The van der Waals surface area contributed by atoms with Crippen molar-refractivity contribution >= 4 is 28.9 Å². The maximum atomic E-state index is 12.3. The Morgan fingerprint density at radius 2 is 2.10 bits per heavy atom. The van der Waals surface area contributed by atoms with Crippen molar-refractivity contribution in [2.75, 3.05) is 10.6 Å². The van der Waals surface area contributed by atoms with Crippen molar-refractivity contribution < 1.29 is 4.79 Å². The maximum absolute atomic E-state index is 12.3. The summed E-state index contributed by atoms with van der Waals surface area (Å²) in [5, 5.41) is 6.68. The lowest BCUT2D eigenvalue weighted by molar-refractivity contribution is -0.116. The van der Waals surface area contributed by atoms with Gasteiger partial charge in [-0.15, -0.1) is 0 Å². The molecule has 0 bridgehead atoms. The number of anilines is 2. The molecule has 0 unspecified atom stereocenters. The van der Waals surface area contributed by atoms with Gasteiger partial charge in [0.25, 0.3) is 0 Å². The second-order valence-corrected chi connectivity index (χ2v) is 5.44. The number of fused-ring (bicyclic) bond motifs is 1. The van der Waals surface area contributed by atoms with E-state index in [4.69, 9.17) is 11.6 Å². The fourth-order valence-electron chi connectivity index (χ4n) is 2.41. The van der Waals surface area contributed by atoms with Crippen LogP contribution in [0.4, 0.5) is 11.4 Å². The number of nitrogens with one attached hydrogen (secondary N) is 2. The molecule has 0 saturated heterocycles. The summed E-state index contributed by atoms with van der Waals surface area (Å²) in [6.07, 6.45) is 0.700. The Hall–Kier alpha value is -2.00. The minimum Gasteiger partial charge on any atom is -0.373 e. The van der Waals surface area contributed by atoms with Crippen molar-refractivity contribution in [2.24, 2.45) is 0 Å². The predicted octanol–water partition coefficient (Wildman–Crippen LogP) is 3.62. The molecule has 0 spiro atoms. The van der Waals surface area contributed by atoms with E-state index in [0.29, 0.717) is 17.1 Å². The van der Waals surface area contributed by atoms with Crippen LogP contribution in [0.25, 0.3) is 0 Å². The molecule has 3 nitrogen and oxygen atoms in total. The zero-order chi connectivity index (χ0) is 14.1. The minimum absolute atomic E-state index is 0.0614. The third-order valence-electron chi connectivity index (χ3n) is 3.47. The van der Waals surface area contributed by atoms with Crippen LogP contribution < -0.4 is 10.6 Å². The van der Waals surface area contributed by atoms with Crippen LogP contribution in [0, 0.1) is 6.92 Å². The Labute approximate surface area is 123 Å². The van der Waals surface area contributed by atoms with Crippen LogP contribution in [0.5, 0.6) is 0 Å². The van der Waals surface area contributed by atoms with Crippen molar-refractivity contribution in [2.45, 2.75) is 19.4 Å². The molecule has 2 aromatic carbocycles. The molecule has 1 heterocycles. The van der Waals surface area contributed by atoms with Gasteiger partial charge in [0, 0.05) is 12.1 Å². The third-order valence-corrected chi connectivity index (χ3v) is 3.80. The number of carbonyl (C=O) groups is 1. The second kappa shape index (κ2) is 5.17. The maximum Gasteiger partial charge on any atom is 0.247 e. The molecule has 3 rings (SSSR count). The van der Waals surface area contributed by atoms with Gasteiger partial charge in [-0.3, -0.25) is 4.79 Å². The lowest BCUT2D eigenvalue weighted by Gasteiger charge is -2.13. The number of halogens is 1. The molecular weight excluding hydrogens is 272 g/mol. The van der Waals surface area contributed by atoms with Gasteiger partial charge in [-0.1, -0.05) is 35.9 Å². The standard InChI is InChI=1S/C16H15ClN2O/c1-10-6-7-12(17)14(8-10)19-16(20)15-9-11-4-2-3-5-13(11)18-15/h2-8,15,18H,9H2,1H3,(H,19,20)/t15-/m0/s1. The molecule has 1 aliphatic rings. The van der Waals surface area contributed by atoms with E-state index >= 15 is 0 Å². The average molecular weight is 287 g/mol. The summed E-state index contributed by atoms with van der Waals surface area (Å²) in [5.41, 5.74) is 3.92. The molecule has 1 aliphatic heterocycles. The molecule has 1 atom stereocenters. The Kier molecular flexibility index (Phi) is 3.36. The lowest BCUT2D eigenvalue weighted by atomic mass is 10.1. The van der Waals surface area contributed by atoms with Gasteiger partial charge >= 0.3 is 0 Å². The Morgan fingerprint density at radius 3 is 2.90 bits per heavy atom. The zero-order valence-electron chi connectivity index (χ0n) is 11.1. The molecule has 4 heteroatoms. The highest BCUT2D eigenvalue weighted by molar-refractivity contribution is 6.33. The van der Waals surface area contributed by atoms with Gasteiger partial charge in [0.05, 0.1) is 10.7 Å². The van der Waals surface area contributed by atoms with E-state index in [1.807, 2.05) is 43.3 Å². The molecule has 2 aromatic rings. The summed E-state index contributed by atoms with van der Waals surface area (Å²) in [6.45, 7) is 1.97. The molecule has 0 saturated carbocycles. The van der Waals surface area contributed by atoms with E-state index in [1.54, 1.807) is 6.07 Å². The first-order valence-electron chi connectivity index (χ1n) is 6.55. The predicted molar refractivity (Wildman–Crippen MR) is 82.4 cm³/mol. The monoisotopic (exact) mass is 286 g/mol. The van der Waals surface area contributed by atoms with E-state index in [9.17, 15) is 4.79 Å². The first-order valence-corrected chi connectivity index (χ1v) is 6.93. The summed E-state index contributed by atoms with van der Waals surface area (Å²) >= 11 is 6.10. The van der Waals surface area contributed by atoms with Crippen LogP contribution in [0.1, 0.15) is 11.1 Å². The fraction of sp³-hybridized carbons (Fsp3) is 0.188. The van der Waals surface area contributed by atoms with Crippen LogP contribution in [0.2, 0.25) is 5.02 Å². The van der Waals surface area contributed by atoms with Gasteiger partial charge in [-0.05, 0) is 36.2 Å². The van der Waals surface area contributed by atoms with E-state index in [-0.39, 0.29) is 11.9 Å². The van der Waals surface area contributed by atoms with E-state index < -0.39 is 0 Å². The largest absolute Gasteiger partial charge is 0.373 e. The van der Waals surface area contributed by atoms with Crippen LogP contribution >= 0.6 is 11.6 Å². The summed E-state index contributed by atoms with van der Waals surface area (Å²) in [5.74, 6) is -0.0614. The van der Waals surface area contributed by atoms with Crippen molar-refractivity contribution in [1.29, 1.82) is 0 Å². The highest BCUT2D eigenvalue weighted by Crippen LogP contribution is 2.27. The first kappa shape index (κ1) is 13.0. The van der Waals surface area contributed by atoms with Crippen LogP contribution in [0.3, 0.4) is 0 Å². The van der Waals surface area contributed by atoms with Gasteiger partial charge in [-0.2, -0.15) is 0 Å². The van der Waals surface area contributed by atoms with Gasteiger partial charge in [0.2, 0.25) is 5.91 Å². The number of aryl methyl sites for hydroxylation is 1. The normalized spacial score (nSPS) is 16.4. The Morgan fingerprint density at radius 1 is 1.30 bits per heavy atom. The molecule has 0 aliphatic carbocycles. The van der Waals surface area contributed by atoms with E-state index in [2.05, 4.69) is 10.6 Å². The van der Waals surface area contributed by atoms with Crippen molar-refractivity contribution in [1.82, 2.24) is 0 Å². The van der Waals surface area contributed by atoms with Crippen LogP contribution in [-0.2, 0) is 11.2 Å². The quantitative estimate of drug-likeness (QED) is 0.885. The molecule has 0 radical (unpaired) electrons. The number of hydrogen-bond donors (Lipinski definition) is 2. The highest BCUT2D eigenvalue weighted by atomic mass is 35.5. The molecule has 2 N–H and O–H groups in total. The van der Waals surface area contributed by atoms with Gasteiger partial charge in [-0.25, -0.2) is 0 Å². The molecule has 0 aromatic heterocycles. The molecule has 0 fully saturated rings. The topological polar surface area (TPSA) is 41.1 Å². The highest BCUT2D eigenvalue weighted by Gasteiger charge is 2.26. The van der Waals surface area contributed by atoms with Crippen molar-refractivity contribution in [3.8, 4) is 0 Å². The van der Waals surface area contributed by atoms with Gasteiger partial charge < -0.3 is 10.6 Å². The van der Waals surface area contributed by atoms with Crippen molar-refractivity contribution in [3.05, 3.63) is 58.6 Å². The lowest BCUT2D eigenvalue weighted by Crippen LogP contribution is -2.32. The third kappa shape index (κ3) is 2.49. The molecule has 102 valence electrons. The number of rotatable bonds is 2. The zero-order valence-corrected chi connectivity index (χ0v) is 11.9. The molecular formula is C16H15ClN2O. The summed E-state index contributed by atoms with van der Waals surface area (Å²) in [7, 11) is 0. The van der Waals surface area contributed by atoms with E-state index in [1.165, 1.54) is 5.56 Å². The van der Waals surface area contributed by atoms with Gasteiger partial charge in [0.1, 0.15) is 6.04 Å². The Bertz CT molecular complexity index is 644. The Balaban J connectivity index is 1.74. The SMILES string of the molecule is Cc1ccc(Cl)c(NC(=O)[C@@H]2Cc3ccccc3N2)c1. The number of hydrogen-bond acceptors (Lipinski definition) is 2. The van der Waals surface area contributed by atoms with Crippen molar-refractivity contribution in [3.63, 3.8) is 0 Å².